The van der Waals surface area contributed by atoms with Gasteiger partial charge in [-0.2, -0.15) is 0 Å². The van der Waals surface area contributed by atoms with Gasteiger partial charge >= 0.3 is 0 Å². The van der Waals surface area contributed by atoms with E-state index in [1.807, 2.05) is 17.5 Å². The van der Waals surface area contributed by atoms with E-state index < -0.39 is 0 Å². The molecular formula is C10H10ClNOS. The maximum Gasteiger partial charge on any atom is 0.0696 e. The second kappa shape index (κ2) is 3.77. The molecule has 0 bridgehead atoms. The Morgan fingerprint density at radius 1 is 1.43 bits per heavy atom. The summed E-state index contributed by atoms with van der Waals surface area (Å²) in [5, 5.41) is 12.1. The summed E-state index contributed by atoms with van der Waals surface area (Å²) in [5.41, 5.74) is 8.44. The van der Waals surface area contributed by atoms with Crippen molar-refractivity contribution in [1.82, 2.24) is 0 Å². The molecule has 2 rings (SSSR count). The first-order valence-corrected chi connectivity index (χ1v) is 5.63. The summed E-state index contributed by atoms with van der Waals surface area (Å²) >= 11 is 7.41. The number of fused-ring (bicyclic) bond motifs is 1. The van der Waals surface area contributed by atoms with Gasteiger partial charge < -0.3 is 10.8 Å². The van der Waals surface area contributed by atoms with Crippen LogP contribution in [0.4, 0.5) is 5.69 Å². The quantitative estimate of drug-likeness (QED) is 0.612. The van der Waals surface area contributed by atoms with Crippen molar-refractivity contribution < 1.29 is 5.11 Å². The molecule has 1 aromatic heterocycles. The van der Waals surface area contributed by atoms with Crippen LogP contribution in [0.2, 0.25) is 0 Å². The number of thiophene rings is 1. The fourth-order valence-corrected chi connectivity index (χ4v) is 2.97. The van der Waals surface area contributed by atoms with E-state index in [9.17, 15) is 0 Å². The molecule has 1 aromatic carbocycles. The minimum atomic E-state index is 0.0612. The van der Waals surface area contributed by atoms with Gasteiger partial charge in [0.25, 0.3) is 0 Å². The summed E-state index contributed by atoms with van der Waals surface area (Å²) in [6.45, 7) is 0.0612. The molecule has 0 aliphatic carbocycles. The highest BCUT2D eigenvalue weighted by Crippen LogP contribution is 2.33. The SMILES string of the molecule is Nc1ccc2c(CO)csc2c1CCl. The highest BCUT2D eigenvalue weighted by atomic mass is 35.5. The molecule has 0 unspecified atom stereocenters. The number of nitrogen functional groups attached to an aromatic ring is 1. The maximum absolute atomic E-state index is 9.10. The number of aliphatic hydroxyl groups is 1. The van der Waals surface area contributed by atoms with Crippen molar-refractivity contribution >= 4 is 38.7 Å². The van der Waals surface area contributed by atoms with E-state index >= 15 is 0 Å². The first-order chi connectivity index (χ1) is 6.77. The number of alkyl halides is 1. The normalized spacial score (nSPS) is 11.0. The van der Waals surface area contributed by atoms with Crippen LogP contribution in [0.3, 0.4) is 0 Å². The third-order valence-electron chi connectivity index (χ3n) is 2.27. The fraction of sp³-hybridized carbons (Fsp3) is 0.200. The summed E-state index contributed by atoms with van der Waals surface area (Å²) in [5.74, 6) is 0.411. The number of halogens is 1. The lowest BCUT2D eigenvalue weighted by Gasteiger charge is -2.03. The number of rotatable bonds is 2. The molecule has 14 heavy (non-hydrogen) atoms. The molecule has 0 saturated carbocycles. The Morgan fingerprint density at radius 2 is 2.21 bits per heavy atom. The topological polar surface area (TPSA) is 46.2 Å². The van der Waals surface area contributed by atoms with Crippen molar-refractivity contribution in [2.24, 2.45) is 0 Å². The van der Waals surface area contributed by atoms with Crippen molar-refractivity contribution in [1.29, 1.82) is 0 Å². The van der Waals surface area contributed by atoms with Crippen LogP contribution in [0, 0.1) is 0 Å². The third-order valence-corrected chi connectivity index (χ3v) is 3.64. The predicted molar refractivity (Wildman–Crippen MR) is 61.7 cm³/mol. The van der Waals surface area contributed by atoms with Gasteiger partial charge in [0.15, 0.2) is 0 Å². The molecule has 0 saturated heterocycles. The Kier molecular flexibility index (Phi) is 2.63. The summed E-state index contributed by atoms with van der Waals surface area (Å²) in [6, 6.07) is 3.77. The van der Waals surface area contributed by atoms with Crippen molar-refractivity contribution in [3.05, 3.63) is 28.6 Å². The maximum atomic E-state index is 9.10. The van der Waals surface area contributed by atoms with E-state index in [1.54, 1.807) is 11.3 Å². The summed E-state index contributed by atoms with van der Waals surface area (Å²) in [4.78, 5) is 0. The molecule has 2 aromatic rings. The average molecular weight is 228 g/mol. The Labute approximate surface area is 90.9 Å². The lowest BCUT2D eigenvalue weighted by Crippen LogP contribution is -1.91. The molecule has 0 amide bonds. The van der Waals surface area contributed by atoms with Gasteiger partial charge in [0, 0.05) is 16.0 Å². The molecular weight excluding hydrogens is 218 g/mol. The van der Waals surface area contributed by atoms with E-state index in [2.05, 4.69) is 0 Å². The standard InChI is InChI=1S/C10H10ClNOS/c11-3-8-9(12)2-1-7-6(4-13)5-14-10(7)8/h1-2,5,13H,3-4,12H2. The minimum absolute atomic E-state index is 0.0612. The Bertz CT molecular complexity index is 466. The highest BCUT2D eigenvalue weighted by Gasteiger charge is 2.09. The summed E-state index contributed by atoms with van der Waals surface area (Å²) in [6.07, 6.45) is 0. The van der Waals surface area contributed by atoms with E-state index in [0.29, 0.717) is 5.88 Å². The van der Waals surface area contributed by atoms with Crippen LogP contribution in [0.15, 0.2) is 17.5 Å². The van der Waals surface area contributed by atoms with Crippen LogP contribution in [0.5, 0.6) is 0 Å². The number of hydrogen-bond donors (Lipinski definition) is 2. The van der Waals surface area contributed by atoms with Gasteiger partial charge in [-0.3, -0.25) is 0 Å². The van der Waals surface area contributed by atoms with Gasteiger partial charge in [0.05, 0.1) is 12.5 Å². The molecule has 0 fully saturated rings. The molecule has 2 nitrogen and oxygen atoms in total. The zero-order valence-electron chi connectivity index (χ0n) is 7.46. The first kappa shape index (κ1) is 9.77. The van der Waals surface area contributed by atoms with Crippen molar-refractivity contribution in [3.63, 3.8) is 0 Å². The third kappa shape index (κ3) is 1.38. The van der Waals surface area contributed by atoms with E-state index in [0.717, 1.165) is 26.9 Å². The first-order valence-electron chi connectivity index (χ1n) is 4.22. The Balaban J connectivity index is 2.76. The average Bonchev–Trinajstić information content (AvgIpc) is 2.60. The van der Waals surface area contributed by atoms with Gasteiger partial charge in [-0.1, -0.05) is 6.07 Å². The molecule has 0 spiro atoms. The minimum Gasteiger partial charge on any atom is -0.398 e. The van der Waals surface area contributed by atoms with Crippen molar-refractivity contribution in [3.8, 4) is 0 Å². The number of anilines is 1. The Morgan fingerprint density at radius 3 is 2.86 bits per heavy atom. The number of hydrogen-bond acceptors (Lipinski definition) is 3. The smallest absolute Gasteiger partial charge is 0.0696 e. The summed E-state index contributed by atoms with van der Waals surface area (Å²) < 4.78 is 1.09. The lowest BCUT2D eigenvalue weighted by molar-refractivity contribution is 0.284. The van der Waals surface area contributed by atoms with Gasteiger partial charge in [-0.25, -0.2) is 0 Å². The van der Waals surface area contributed by atoms with Crippen LogP contribution in [0.25, 0.3) is 10.1 Å². The van der Waals surface area contributed by atoms with Crippen molar-refractivity contribution in [2.75, 3.05) is 5.73 Å². The second-order valence-corrected chi connectivity index (χ2v) is 4.21. The molecule has 0 radical (unpaired) electrons. The summed E-state index contributed by atoms with van der Waals surface area (Å²) in [7, 11) is 0. The van der Waals surface area contributed by atoms with Crippen LogP contribution in [-0.2, 0) is 12.5 Å². The van der Waals surface area contributed by atoms with Crippen LogP contribution >= 0.6 is 22.9 Å². The molecule has 3 N–H and O–H groups in total. The van der Waals surface area contributed by atoms with Gasteiger partial charge in [-0.15, -0.1) is 22.9 Å². The van der Waals surface area contributed by atoms with Crippen LogP contribution in [0.1, 0.15) is 11.1 Å². The highest BCUT2D eigenvalue weighted by molar-refractivity contribution is 7.17. The molecule has 0 atom stereocenters. The zero-order chi connectivity index (χ0) is 10.1. The molecule has 74 valence electrons. The van der Waals surface area contributed by atoms with Crippen LogP contribution in [-0.4, -0.2) is 5.11 Å². The lowest BCUT2D eigenvalue weighted by atomic mass is 10.1. The predicted octanol–water partition coefficient (Wildman–Crippen LogP) is 2.71. The van der Waals surface area contributed by atoms with Crippen molar-refractivity contribution in [2.45, 2.75) is 12.5 Å². The van der Waals surface area contributed by atoms with Crippen LogP contribution < -0.4 is 5.73 Å². The largest absolute Gasteiger partial charge is 0.398 e. The van der Waals surface area contributed by atoms with E-state index in [4.69, 9.17) is 22.4 Å². The molecule has 0 aliphatic rings. The van der Waals surface area contributed by atoms with Gasteiger partial charge in [0.2, 0.25) is 0 Å². The second-order valence-electron chi connectivity index (χ2n) is 3.06. The van der Waals surface area contributed by atoms with E-state index in [-0.39, 0.29) is 6.61 Å². The molecule has 0 aliphatic heterocycles. The number of nitrogens with two attached hydrogens (primary N) is 1. The number of benzene rings is 1. The monoisotopic (exact) mass is 227 g/mol. The van der Waals surface area contributed by atoms with Gasteiger partial charge in [-0.05, 0) is 22.4 Å². The molecule has 4 heteroatoms. The van der Waals surface area contributed by atoms with Gasteiger partial charge in [0.1, 0.15) is 0 Å². The number of aliphatic hydroxyl groups excluding tert-OH is 1. The van der Waals surface area contributed by atoms with E-state index in [1.165, 1.54) is 0 Å². The zero-order valence-corrected chi connectivity index (χ0v) is 9.03. The molecule has 1 heterocycles. The fourth-order valence-electron chi connectivity index (χ4n) is 1.48. The Hall–Kier alpha value is -0.770.